The van der Waals surface area contributed by atoms with Gasteiger partial charge in [-0.25, -0.2) is 4.98 Å². The number of nitrogens with two attached hydrogens (primary N) is 2. The van der Waals surface area contributed by atoms with Crippen LogP contribution in [0.4, 0.5) is 11.5 Å². The Labute approximate surface area is 180 Å². The number of rotatable bonds is 4. The Bertz CT molecular complexity index is 1390. The third-order valence-corrected chi connectivity index (χ3v) is 6.94. The molecule has 156 valence electrons. The molecule has 5 heterocycles. The van der Waals surface area contributed by atoms with Gasteiger partial charge in [0.1, 0.15) is 26.9 Å². The number of thiophene rings is 1. The van der Waals surface area contributed by atoms with Crippen LogP contribution in [0.25, 0.3) is 32.5 Å². The van der Waals surface area contributed by atoms with Gasteiger partial charge in [-0.15, -0.1) is 11.3 Å². The Balaban J connectivity index is 1.72. The third-order valence-electron chi connectivity index (χ3n) is 5.82. The number of anilines is 2. The Kier molecular flexibility index (Phi) is 3.87. The van der Waals surface area contributed by atoms with E-state index in [1.807, 2.05) is 30.3 Å². The van der Waals surface area contributed by atoms with Crippen molar-refractivity contribution in [1.82, 2.24) is 4.98 Å². The van der Waals surface area contributed by atoms with Crippen LogP contribution in [-0.4, -0.2) is 47.4 Å². The first kappa shape index (κ1) is 18.3. The number of hydrogen-bond acceptors (Lipinski definition) is 8. The van der Waals surface area contributed by atoms with Crippen molar-refractivity contribution in [3.8, 4) is 11.3 Å². The van der Waals surface area contributed by atoms with Crippen LogP contribution in [-0.2, 0) is 0 Å². The van der Waals surface area contributed by atoms with Crippen LogP contribution in [0.5, 0.6) is 0 Å². The van der Waals surface area contributed by atoms with Crippen LogP contribution >= 0.6 is 11.3 Å². The summed E-state index contributed by atoms with van der Waals surface area (Å²) in [5.74, 6) is 0.784. The van der Waals surface area contributed by atoms with Crippen LogP contribution in [0.2, 0.25) is 0 Å². The van der Waals surface area contributed by atoms with E-state index in [0.717, 1.165) is 33.6 Å². The molecule has 1 saturated heterocycles. The number of aliphatic hydroxyl groups excluding tert-OH is 1. The van der Waals surface area contributed by atoms with Gasteiger partial charge in [0.2, 0.25) is 0 Å². The molecule has 1 fully saturated rings. The number of β-amino-alcohol motifs (C(OH)–C–C–N with tert-alkyl or cyclic N) is 1. The third kappa shape index (κ3) is 2.81. The summed E-state index contributed by atoms with van der Waals surface area (Å²) in [5.41, 5.74) is 15.6. The molecule has 6 rings (SSSR count). The van der Waals surface area contributed by atoms with Gasteiger partial charge in [0.25, 0.3) is 5.91 Å². The fourth-order valence-corrected chi connectivity index (χ4v) is 5.26. The van der Waals surface area contributed by atoms with Gasteiger partial charge in [-0.05, 0) is 18.6 Å². The minimum atomic E-state index is -0.584. The molecule has 2 aliphatic heterocycles. The van der Waals surface area contributed by atoms with Crippen LogP contribution < -0.4 is 16.4 Å². The predicted molar refractivity (Wildman–Crippen MR) is 122 cm³/mol. The van der Waals surface area contributed by atoms with Crippen molar-refractivity contribution in [2.45, 2.75) is 12.5 Å². The lowest BCUT2D eigenvalue weighted by molar-refractivity contribution is 0.100. The normalized spacial score (nSPS) is 18.2. The molecule has 1 amide bonds. The van der Waals surface area contributed by atoms with Gasteiger partial charge in [-0.2, -0.15) is 0 Å². The zero-order valence-electron chi connectivity index (χ0n) is 16.5. The number of carbonyl (C=O) groups is 1. The summed E-state index contributed by atoms with van der Waals surface area (Å²) in [4.78, 5) is 24.3. The van der Waals surface area contributed by atoms with E-state index < -0.39 is 12.0 Å². The van der Waals surface area contributed by atoms with E-state index in [2.05, 4.69) is 9.89 Å². The lowest BCUT2D eigenvalue weighted by Crippen LogP contribution is -2.24. The van der Waals surface area contributed by atoms with E-state index >= 15 is 0 Å². The second kappa shape index (κ2) is 6.53. The molecule has 0 saturated carbocycles. The van der Waals surface area contributed by atoms with E-state index in [4.69, 9.17) is 20.9 Å². The van der Waals surface area contributed by atoms with Crippen molar-refractivity contribution in [2.24, 2.45) is 10.7 Å². The molecule has 0 aliphatic carbocycles. The first-order valence-electron chi connectivity index (χ1n) is 10.0. The summed E-state index contributed by atoms with van der Waals surface area (Å²) in [6, 6.07) is 9.75. The predicted octanol–water partition coefficient (Wildman–Crippen LogP) is 2.76. The summed E-state index contributed by atoms with van der Waals surface area (Å²) >= 11 is 1.18. The SMILES string of the molecule is NC(=O)c1sc2nc(N3CCC(O)C3)c(C3=NC3)c(-c3cc4ccccc4o3)c2c1N. The average molecular weight is 433 g/mol. The molecular weight excluding hydrogens is 414 g/mol. The first-order valence-corrected chi connectivity index (χ1v) is 10.8. The quantitative estimate of drug-likeness (QED) is 0.454. The molecule has 5 N–H and O–H groups in total. The molecule has 8 nitrogen and oxygen atoms in total. The topological polar surface area (TPSA) is 131 Å². The molecule has 2 aliphatic rings. The van der Waals surface area contributed by atoms with E-state index in [0.29, 0.717) is 47.7 Å². The smallest absolute Gasteiger partial charge is 0.260 e. The Morgan fingerprint density at radius 1 is 1.29 bits per heavy atom. The molecule has 0 radical (unpaired) electrons. The average Bonchev–Trinajstić information content (AvgIpc) is 3.20. The molecule has 31 heavy (non-hydrogen) atoms. The van der Waals surface area contributed by atoms with Gasteiger partial charge < -0.3 is 25.9 Å². The number of aliphatic imine (C=N–C) groups is 1. The summed E-state index contributed by atoms with van der Waals surface area (Å²) in [6.07, 6.45) is 0.265. The molecule has 0 bridgehead atoms. The monoisotopic (exact) mass is 433 g/mol. The maximum Gasteiger partial charge on any atom is 0.260 e. The number of aliphatic hydroxyl groups is 1. The molecule has 9 heteroatoms. The van der Waals surface area contributed by atoms with Crippen LogP contribution in [0, 0.1) is 0 Å². The summed E-state index contributed by atoms with van der Waals surface area (Å²) in [5, 5.41) is 11.7. The van der Waals surface area contributed by atoms with Gasteiger partial charge in [0.05, 0.1) is 29.6 Å². The minimum Gasteiger partial charge on any atom is -0.456 e. The number of carbonyl (C=O) groups excluding carboxylic acids is 1. The molecule has 4 aromatic rings. The summed E-state index contributed by atoms with van der Waals surface area (Å²) < 4.78 is 6.23. The molecule has 1 aromatic carbocycles. The highest BCUT2D eigenvalue weighted by molar-refractivity contribution is 7.21. The fourth-order valence-electron chi connectivity index (χ4n) is 4.31. The van der Waals surface area contributed by atoms with Crippen molar-refractivity contribution in [3.63, 3.8) is 0 Å². The maximum atomic E-state index is 12.0. The van der Waals surface area contributed by atoms with Gasteiger partial charge in [-0.1, -0.05) is 18.2 Å². The number of nitrogen functional groups attached to an aromatic ring is 1. The molecule has 0 spiro atoms. The van der Waals surface area contributed by atoms with Crippen LogP contribution in [0.1, 0.15) is 21.7 Å². The number of para-hydroxylation sites is 1. The van der Waals surface area contributed by atoms with Gasteiger partial charge in [0.15, 0.2) is 0 Å². The van der Waals surface area contributed by atoms with Gasteiger partial charge in [-0.3, -0.25) is 9.79 Å². The van der Waals surface area contributed by atoms with E-state index in [-0.39, 0.29) is 4.88 Å². The van der Waals surface area contributed by atoms with Crippen molar-refractivity contribution in [3.05, 3.63) is 40.8 Å². The number of amides is 1. The number of primary amides is 1. The fraction of sp³-hybridized carbons (Fsp3) is 0.227. The van der Waals surface area contributed by atoms with E-state index in [1.54, 1.807) is 0 Å². The number of furan rings is 1. The standard InChI is InChI=1S/C22H19N5O3S/c23-18-17-16(14-7-10-3-1-2-4-13(10)30-14)15(12-8-25-12)21(27-6-5-11(28)9-27)26-22(17)31-19(18)20(24)29/h1-4,7,11,28H,5-6,8-9,23H2,(H2,24,29). The Morgan fingerprint density at radius 3 is 2.77 bits per heavy atom. The maximum absolute atomic E-state index is 12.0. The number of hydrogen-bond donors (Lipinski definition) is 3. The first-order chi connectivity index (χ1) is 15.0. The molecular formula is C22H19N5O3S. The minimum absolute atomic E-state index is 0.280. The van der Waals surface area contributed by atoms with Crippen LogP contribution in [0.3, 0.4) is 0 Å². The number of pyridine rings is 1. The number of aromatic nitrogens is 1. The number of benzene rings is 1. The highest BCUT2D eigenvalue weighted by atomic mass is 32.1. The molecule has 1 unspecified atom stereocenters. The van der Waals surface area contributed by atoms with Crippen molar-refractivity contribution in [1.29, 1.82) is 0 Å². The van der Waals surface area contributed by atoms with E-state index in [9.17, 15) is 9.90 Å². The molecule has 1 atom stereocenters. The lowest BCUT2D eigenvalue weighted by Gasteiger charge is -2.21. The zero-order chi connectivity index (χ0) is 21.3. The van der Waals surface area contributed by atoms with Crippen LogP contribution in [0.15, 0.2) is 39.7 Å². The highest BCUT2D eigenvalue weighted by Gasteiger charge is 2.34. The molecule has 3 aromatic heterocycles. The van der Waals surface area contributed by atoms with Crippen molar-refractivity contribution >= 4 is 55.6 Å². The lowest BCUT2D eigenvalue weighted by atomic mass is 9.99. The summed E-state index contributed by atoms with van der Waals surface area (Å²) in [6.45, 7) is 1.78. The Hall–Kier alpha value is -3.43. The van der Waals surface area contributed by atoms with E-state index in [1.165, 1.54) is 11.3 Å². The second-order valence-electron chi connectivity index (χ2n) is 7.87. The highest BCUT2D eigenvalue weighted by Crippen LogP contribution is 2.46. The summed E-state index contributed by atoms with van der Waals surface area (Å²) in [7, 11) is 0. The van der Waals surface area contributed by atoms with Gasteiger partial charge >= 0.3 is 0 Å². The second-order valence-corrected chi connectivity index (χ2v) is 8.87. The van der Waals surface area contributed by atoms with Crippen molar-refractivity contribution in [2.75, 3.05) is 30.3 Å². The van der Waals surface area contributed by atoms with Gasteiger partial charge in [0, 0.05) is 29.4 Å². The number of nitrogens with zero attached hydrogens (tertiary/aromatic N) is 3. The number of fused-ring (bicyclic) bond motifs is 2. The largest absolute Gasteiger partial charge is 0.456 e. The zero-order valence-corrected chi connectivity index (χ0v) is 17.3. The Morgan fingerprint density at radius 2 is 2.10 bits per heavy atom. The van der Waals surface area contributed by atoms with Crippen molar-refractivity contribution < 1.29 is 14.3 Å².